The molecule has 3 N–H and O–H groups in total. The van der Waals surface area contributed by atoms with Crippen molar-refractivity contribution < 1.29 is 27.3 Å². The Kier molecular flexibility index (Phi) is 5.17. The Morgan fingerprint density at radius 1 is 1.00 bits per heavy atom. The summed E-state index contributed by atoms with van der Waals surface area (Å²) in [7, 11) is -4.28. The van der Waals surface area contributed by atoms with Crippen LogP contribution in [0.25, 0.3) is 0 Å². The number of amides is 2. The molecule has 0 radical (unpaired) electrons. The molecular formula is C15H14N2O6S. The molecule has 0 saturated carbocycles. The van der Waals surface area contributed by atoms with Gasteiger partial charge in [0.25, 0.3) is 10.1 Å². The Morgan fingerprint density at radius 3 is 2.21 bits per heavy atom. The van der Waals surface area contributed by atoms with Crippen LogP contribution in [0.1, 0.15) is 6.92 Å². The summed E-state index contributed by atoms with van der Waals surface area (Å²) in [5, 5.41) is 5.03. The van der Waals surface area contributed by atoms with Gasteiger partial charge in [-0.2, -0.15) is 8.42 Å². The van der Waals surface area contributed by atoms with Crippen molar-refractivity contribution in [2.75, 3.05) is 10.6 Å². The molecule has 2 aromatic rings. The highest BCUT2D eigenvalue weighted by Crippen LogP contribution is 2.18. The first-order chi connectivity index (χ1) is 11.2. The summed E-state index contributed by atoms with van der Waals surface area (Å²) in [6, 6.07) is 10.7. The van der Waals surface area contributed by atoms with Crippen LogP contribution in [0.15, 0.2) is 53.4 Å². The maximum atomic E-state index is 11.9. The van der Waals surface area contributed by atoms with Crippen molar-refractivity contribution >= 4 is 33.5 Å². The number of rotatable bonds is 4. The van der Waals surface area contributed by atoms with Crippen LogP contribution in [-0.2, 0) is 14.9 Å². The van der Waals surface area contributed by atoms with Gasteiger partial charge in [-0.05, 0) is 36.4 Å². The third kappa shape index (κ3) is 5.07. The molecule has 126 valence electrons. The fourth-order valence-corrected chi connectivity index (χ4v) is 2.29. The first-order valence-corrected chi connectivity index (χ1v) is 8.12. The Morgan fingerprint density at radius 2 is 1.62 bits per heavy atom. The summed E-state index contributed by atoms with van der Waals surface area (Å²) in [5.41, 5.74) is 0.733. The second-order valence-electron chi connectivity index (χ2n) is 4.70. The largest absolute Gasteiger partial charge is 0.427 e. The fourth-order valence-electron chi connectivity index (χ4n) is 1.81. The lowest BCUT2D eigenvalue weighted by molar-refractivity contribution is -0.131. The molecule has 24 heavy (non-hydrogen) atoms. The highest BCUT2D eigenvalue weighted by Gasteiger charge is 2.09. The van der Waals surface area contributed by atoms with Gasteiger partial charge < -0.3 is 15.4 Å². The van der Waals surface area contributed by atoms with Crippen LogP contribution in [0, 0.1) is 0 Å². The van der Waals surface area contributed by atoms with Crippen LogP contribution in [0.2, 0.25) is 0 Å². The number of anilines is 2. The molecule has 0 fully saturated rings. The highest BCUT2D eigenvalue weighted by atomic mass is 32.2. The molecule has 2 rings (SSSR count). The minimum absolute atomic E-state index is 0.275. The number of esters is 1. The monoisotopic (exact) mass is 350 g/mol. The van der Waals surface area contributed by atoms with E-state index in [-0.39, 0.29) is 10.6 Å². The number of urea groups is 1. The van der Waals surface area contributed by atoms with Crippen molar-refractivity contribution in [3.8, 4) is 5.75 Å². The van der Waals surface area contributed by atoms with E-state index in [1.54, 1.807) is 18.2 Å². The normalized spacial score (nSPS) is 10.8. The average Bonchev–Trinajstić information content (AvgIpc) is 2.46. The van der Waals surface area contributed by atoms with E-state index >= 15 is 0 Å². The number of carbonyl (C=O) groups is 2. The number of carbonyl (C=O) groups excluding carboxylic acids is 2. The second kappa shape index (κ2) is 7.11. The van der Waals surface area contributed by atoms with E-state index < -0.39 is 22.1 Å². The molecule has 2 amide bonds. The van der Waals surface area contributed by atoms with Crippen LogP contribution in [0.3, 0.4) is 0 Å². The molecule has 2 aromatic carbocycles. The molecule has 8 nitrogen and oxygen atoms in total. The van der Waals surface area contributed by atoms with Gasteiger partial charge in [-0.1, -0.05) is 6.07 Å². The molecule has 0 aliphatic heterocycles. The van der Waals surface area contributed by atoms with Gasteiger partial charge >= 0.3 is 12.0 Å². The SMILES string of the molecule is CC(=O)Oc1cccc(NC(=O)Nc2ccc(S(=O)(=O)O)cc2)c1. The van der Waals surface area contributed by atoms with Gasteiger partial charge in [0.2, 0.25) is 0 Å². The maximum absolute atomic E-state index is 11.9. The quantitative estimate of drug-likeness (QED) is 0.442. The van der Waals surface area contributed by atoms with E-state index in [9.17, 15) is 18.0 Å². The molecular weight excluding hydrogens is 336 g/mol. The fraction of sp³-hybridized carbons (Fsp3) is 0.0667. The molecule has 0 aromatic heterocycles. The number of hydrogen-bond acceptors (Lipinski definition) is 5. The van der Waals surface area contributed by atoms with Crippen molar-refractivity contribution in [2.45, 2.75) is 11.8 Å². The van der Waals surface area contributed by atoms with Gasteiger partial charge in [0.05, 0.1) is 4.90 Å². The summed E-state index contributed by atoms with van der Waals surface area (Å²) >= 11 is 0. The number of ether oxygens (including phenoxy) is 1. The number of hydrogen-bond donors (Lipinski definition) is 3. The zero-order valence-electron chi connectivity index (χ0n) is 12.5. The van der Waals surface area contributed by atoms with Crippen LogP contribution < -0.4 is 15.4 Å². The zero-order valence-corrected chi connectivity index (χ0v) is 13.3. The lowest BCUT2D eigenvalue weighted by Gasteiger charge is -2.09. The van der Waals surface area contributed by atoms with Crippen LogP contribution in [0.4, 0.5) is 16.2 Å². The molecule has 0 heterocycles. The van der Waals surface area contributed by atoms with Crippen molar-refractivity contribution in [1.29, 1.82) is 0 Å². The maximum Gasteiger partial charge on any atom is 0.323 e. The lowest BCUT2D eigenvalue weighted by atomic mass is 10.3. The third-order valence-electron chi connectivity index (χ3n) is 2.76. The minimum Gasteiger partial charge on any atom is -0.427 e. The van der Waals surface area contributed by atoms with Crippen molar-refractivity contribution in [1.82, 2.24) is 0 Å². The van der Waals surface area contributed by atoms with Crippen LogP contribution >= 0.6 is 0 Å². The van der Waals surface area contributed by atoms with Gasteiger partial charge in [-0.3, -0.25) is 9.35 Å². The van der Waals surface area contributed by atoms with E-state index in [1.165, 1.54) is 25.1 Å². The van der Waals surface area contributed by atoms with Gasteiger partial charge in [0.15, 0.2) is 0 Å². The van der Waals surface area contributed by atoms with E-state index in [4.69, 9.17) is 9.29 Å². The van der Waals surface area contributed by atoms with E-state index in [0.29, 0.717) is 11.4 Å². The second-order valence-corrected chi connectivity index (χ2v) is 6.12. The lowest BCUT2D eigenvalue weighted by Crippen LogP contribution is -2.19. The number of benzene rings is 2. The molecule has 0 bridgehead atoms. The number of nitrogens with one attached hydrogen (secondary N) is 2. The first-order valence-electron chi connectivity index (χ1n) is 6.68. The summed E-state index contributed by atoms with van der Waals surface area (Å²) in [6.07, 6.45) is 0. The predicted molar refractivity (Wildman–Crippen MR) is 86.6 cm³/mol. The average molecular weight is 350 g/mol. The Labute approximate surface area is 138 Å². The summed E-state index contributed by atoms with van der Waals surface area (Å²) in [5.74, 6) is -0.187. The van der Waals surface area contributed by atoms with Gasteiger partial charge in [0, 0.05) is 24.4 Å². The Bertz CT molecular complexity index is 862. The Hall–Kier alpha value is -2.91. The molecule has 0 saturated heterocycles. The first kappa shape index (κ1) is 17.4. The van der Waals surface area contributed by atoms with Crippen molar-refractivity contribution in [3.63, 3.8) is 0 Å². The molecule has 0 aliphatic carbocycles. The zero-order chi connectivity index (χ0) is 17.7. The van der Waals surface area contributed by atoms with E-state index in [1.807, 2.05) is 0 Å². The third-order valence-corrected chi connectivity index (χ3v) is 3.63. The summed E-state index contributed by atoms with van der Waals surface area (Å²) in [6.45, 7) is 1.27. The van der Waals surface area contributed by atoms with Gasteiger partial charge in [-0.25, -0.2) is 4.79 Å². The summed E-state index contributed by atoms with van der Waals surface area (Å²) < 4.78 is 35.7. The topological polar surface area (TPSA) is 122 Å². The molecule has 0 spiro atoms. The highest BCUT2D eigenvalue weighted by molar-refractivity contribution is 7.85. The van der Waals surface area contributed by atoms with E-state index in [0.717, 1.165) is 12.1 Å². The molecule has 9 heteroatoms. The van der Waals surface area contributed by atoms with Gasteiger partial charge in [-0.15, -0.1) is 0 Å². The van der Waals surface area contributed by atoms with Crippen molar-refractivity contribution in [2.24, 2.45) is 0 Å². The summed E-state index contributed by atoms with van der Waals surface area (Å²) in [4.78, 5) is 22.5. The standard InChI is InChI=1S/C15H14N2O6S/c1-10(18)23-13-4-2-3-12(9-13)17-15(19)16-11-5-7-14(8-6-11)24(20,21)22/h2-9H,1H3,(H2,16,17,19)(H,20,21,22). The molecule has 0 unspecified atom stereocenters. The smallest absolute Gasteiger partial charge is 0.323 e. The molecule has 0 atom stereocenters. The minimum atomic E-state index is -4.28. The van der Waals surface area contributed by atoms with Crippen LogP contribution in [0.5, 0.6) is 5.75 Å². The predicted octanol–water partition coefficient (Wildman–Crippen LogP) is 2.50. The van der Waals surface area contributed by atoms with E-state index in [2.05, 4.69) is 10.6 Å². The van der Waals surface area contributed by atoms with Gasteiger partial charge in [0.1, 0.15) is 5.75 Å². The molecule has 0 aliphatic rings. The Balaban J connectivity index is 2.02. The van der Waals surface area contributed by atoms with Crippen molar-refractivity contribution in [3.05, 3.63) is 48.5 Å². The van der Waals surface area contributed by atoms with Crippen LogP contribution in [-0.4, -0.2) is 25.0 Å².